The lowest BCUT2D eigenvalue weighted by molar-refractivity contribution is 1.18. The number of benzene rings is 6. The third kappa shape index (κ3) is 3.76. The Labute approximate surface area is 234 Å². The first-order valence-electron chi connectivity index (χ1n) is 13.2. The second kappa shape index (κ2) is 9.74. The van der Waals surface area contributed by atoms with Crippen LogP contribution in [0.3, 0.4) is 0 Å². The number of aromatic nitrogens is 1. The van der Waals surface area contributed by atoms with Gasteiger partial charge in [-0.2, -0.15) is 0 Å². The summed E-state index contributed by atoms with van der Waals surface area (Å²) in [7, 11) is -2.64. The monoisotopic (exact) mass is 535 g/mol. The van der Waals surface area contributed by atoms with Crippen molar-refractivity contribution in [3.63, 3.8) is 0 Å². The minimum atomic E-state index is -2.64. The van der Waals surface area contributed by atoms with E-state index in [2.05, 4.69) is 162 Å². The molecule has 0 aliphatic rings. The van der Waals surface area contributed by atoms with Crippen LogP contribution in [0, 0.1) is 0 Å². The maximum Gasteiger partial charge on any atom is 0.179 e. The maximum atomic E-state index is 7.29. The fourth-order valence-electron chi connectivity index (χ4n) is 6.17. The van der Waals surface area contributed by atoms with E-state index in [0.29, 0.717) is 0 Å². The molecule has 0 amide bonds. The number of fused-ring (bicyclic) bond motifs is 3. The molecule has 0 saturated heterocycles. The number of halogens is 1. The summed E-state index contributed by atoms with van der Waals surface area (Å²) in [5.74, 6) is 0. The molecule has 39 heavy (non-hydrogen) atoms. The Morgan fingerprint density at radius 1 is 0.410 bits per heavy atom. The van der Waals surface area contributed by atoms with E-state index in [1.54, 1.807) is 0 Å². The van der Waals surface area contributed by atoms with Gasteiger partial charge in [-0.15, -0.1) is 0 Å². The molecule has 6 aromatic carbocycles. The van der Waals surface area contributed by atoms with Gasteiger partial charge in [-0.3, -0.25) is 0 Å². The van der Waals surface area contributed by atoms with Gasteiger partial charge in [0.1, 0.15) is 0 Å². The van der Waals surface area contributed by atoms with Gasteiger partial charge in [-0.05, 0) is 45.0 Å². The smallest absolute Gasteiger partial charge is 0.179 e. The summed E-state index contributed by atoms with van der Waals surface area (Å²) in [5, 5.41) is 8.48. The molecule has 0 aliphatic heterocycles. The van der Waals surface area contributed by atoms with E-state index in [1.165, 1.54) is 31.5 Å². The van der Waals surface area contributed by atoms with Crippen LogP contribution in [0.25, 0.3) is 27.5 Å². The standard InChI is InChI=1S/C36H26ClNSi/c37-33-26-30(24-25-36(33)38-34-22-12-10-20-31(34)32-21-11-13-23-35(32)38)39(27-14-4-1-5-15-27,28-16-6-2-7-17-28)29-18-8-3-9-19-29/h1-26H. The Kier molecular flexibility index (Phi) is 5.92. The molecule has 1 heterocycles. The Morgan fingerprint density at radius 3 is 1.26 bits per heavy atom. The lowest BCUT2D eigenvalue weighted by Crippen LogP contribution is -2.74. The van der Waals surface area contributed by atoms with Crippen LogP contribution in [0.2, 0.25) is 5.02 Å². The maximum absolute atomic E-state index is 7.29. The molecule has 0 unspecified atom stereocenters. The van der Waals surface area contributed by atoms with Crippen molar-refractivity contribution in [3.8, 4) is 5.69 Å². The van der Waals surface area contributed by atoms with Crippen LogP contribution < -0.4 is 20.7 Å². The quantitative estimate of drug-likeness (QED) is 0.168. The zero-order chi connectivity index (χ0) is 26.2. The number of hydrogen-bond donors (Lipinski definition) is 0. The summed E-state index contributed by atoms with van der Waals surface area (Å²) < 4.78 is 2.30. The SMILES string of the molecule is Clc1cc([Si](c2ccccc2)(c2ccccc2)c2ccccc2)ccc1-n1c2ccccc2c2ccccc21. The van der Waals surface area contributed by atoms with Gasteiger partial charge in [-0.1, -0.05) is 145 Å². The predicted octanol–water partition coefficient (Wildman–Crippen LogP) is 6.81. The molecule has 186 valence electrons. The van der Waals surface area contributed by atoms with Crippen molar-refractivity contribution < 1.29 is 0 Å². The first-order chi connectivity index (χ1) is 19.3. The van der Waals surface area contributed by atoms with Crippen LogP contribution in [0.4, 0.5) is 0 Å². The van der Waals surface area contributed by atoms with E-state index in [9.17, 15) is 0 Å². The molecule has 7 aromatic rings. The Morgan fingerprint density at radius 2 is 0.821 bits per heavy atom. The molecular weight excluding hydrogens is 510 g/mol. The van der Waals surface area contributed by atoms with Crippen molar-refractivity contribution in [2.75, 3.05) is 0 Å². The van der Waals surface area contributed by atoms with Crippen LogP contribution in [0.5, 0.6) is 0 Å². The van der Waals surface area contributed by atoms with Crippen molar-refractivity contribution in [2.45, 2.75) is 0 Å². The van der Waals surface area contributed by atoms with Crippen LogP contribution >= 0.6 is 11.6 Å². The van der Waals surface area contributed by atoms with Gasteiger partial charge in [0.2, 0.25) is 0 Å². The summed E-state index contributed by atoms with van der Waals surface area (Å²) in [6, 6.07) is 56.7. The van der Waals surface area contributed by atoms with Crippen LogP contribution in [0.1, 0.15) is 0 Å². The topological polar surface area (TPSA) is 4.93 Å². The summed E-state index contributed by atoms with van der Waals surface area (Å²) >= 11 is 7.29. The van der Waals surface area contributed by atoms with Crippen LogP contribution in [-0.2, 0) is 0 Å². The van der Waals surface area contributed by atoms with Gasteiger partial charge in [-0.25, -0.2) is 0 Å². The van der Waals surface area contributed by atoms with E-state index in [4.69, 9.17) is 11.6 Å². The molecular formula is C36H26ClNSi. The highest BCUT2D eigenvalue weighted by Crippen LogP contribution is 2.34. The number of rotatable bonds is 5. The molecule has 0 fully saturated rings. The second-order valence-corrected chi connectivity index (χ2v) is 14.1. The molecule has 1 aromatic heterocycles. The van der Waals surface area contributed by atoms with E-state index in [-0.39, 0.29) is 0 Å². The van der Waals surface area contributed by atoms with Crippen molar-refractivity contribution in [3.05, 3.63) is 163 Å². The Balaban J connectivity index is 1.53. The summed E-state index contributed by atoms with van der Waals surface area (Å²) in [4.78, 5) is 0. The molecule has 7 rings (SSSR count). The van der Waals surface area contributed by atoms with Crippen molar-refractivity contribution in [1.29, 1.82) is 0 Å². The van der Waals surface area contributed by atoms with Gasteiger partial charge in [0.05, 0.1) is 21.7 Å². The normalized spacial score (nSPS) is 11.7. The molecule has 0 saturated carbocycles. The average Bonchev–Trinajstić information content (AvgIpc) is 3.34. The molecule has 0 aliphatic carbocycles. The third-order valence-corrected chi connectivity index (χ3v) is 12.9. The zero-order valence-electron chi connectivity index (χ0n) is 21.3. The van der Waals surface area contributed by atoms with Crippen molar-refractivity contribution in [2.24, 2.45) is 0 Å². The first-order valence-corrected chi connectivity index (χ1v) is 15.6. The van der Waals surface area contributed by atoms with Crippen LogP contribution in [-0.4, -0.2) is 12.6 Å². The highest BCUT2D eigenvalue weighted by Gasteiger charge is 2.41. The first kappa shape index (κ1) is 23.7. The second-order valence-electron chi connectivity index (χ2n) is 9.88. The van der Waals surface area contributed by atoms with Crippen molar-refractivity contribution >= 4 is 62.2 Å². The lowest BCUT2D eigenvalue weighted by Gasteiger charge is -2.34. The zero-order valence-corrected chi connectivity index (χ0v) is 23.1. The van der Waals surface area contributed by atoms with E-state index in [0.717, 1.165) is 21.7 Å². The average molecular weight is 536 g/mol. The molecule has 0 spiro atoms. The molecule has 0 radical (unpaired) electrons. The summed E-state index contributed by atoms with van der Waals surface area (Å²) in [6.45, 7) is 0. The van der Waals surface area contributed by atoms with E-state index < -0.39 is 8.07 Å². The van der Waals surface area contributed by atoms with Crippen LogP contribution in [0.15, 0.2) is 158 Å². The van der Waals surface area contributed by atoms with E-state index >= 15 is 0 Å². The number of hydrogen-bond acceptors (Lipinski definition) is 0. The van der Waals surface area contributed by atoms with Crippen molar-refractivity contribution in [1.82, 2.24) is 4.57 Å². The Bertz CT molecular complexity index is 1760. The largest absolute Gasteiger partial charge is 0.308 e. The molecule has 0 atom stereocenters. The van der Waals surface area contributed by atoms with Gasteiger partial charge in [0.15, 0.2) is 8.07 Å². The third-order valence-electron chi connectivity index (χ3n) is 7.82. The molecule has 3 heteroatoms. The van der Waals surface area contributed by atoms with E-state index in [1.807, 2.05) is 0 Å². The number of para-hydroxylation sites is 2. The highest BCUT2D eigenvalue weighted by molar-refractivity contribution is 7.19. The highest BCUT2D eigenvalue weighted by atomic mass is 35.5. The van der Waals surface area contributed by atoms with Gasteiger partial charge < -0.3 is 4.57 Å². The van der Waals surface area contributed by atoms with Gasteiger partial charge >= 0.3 is 0 Å². The lowest BCUT2D eigenvalue weighted by atomic mass is 10.2. The minimum absolute atomic E-state index is 0.749. The predicted molar refractivity (Wildman–Crippen MR) is 169 cm³/mol. The molecule has 0 N–H and O–H groups in total. The Hall–Kier alpha value is -4.37. The fraction of sp³-hybridized carbons (Fsp3) is 0. The summed E-state index contributed by atoms with van der Waals surface area (Å²) in [5.41, 5.74) is 3.31. The van der Waals surface area contributed by atoms with Gasteiger partial charge in [0, 0.05) is 10.8 Å². The summed E-state index contributed by atoms with van der Waals surface area (Å²) in [6.07, 6.45) is 0. The fourth-order valence-corrected chi connectivity index (χ4v) is 11.3. The number of nitrogens with zero attached hydrogens (tertiary/aromatic N) is 1. The van der Waals surface area contributed by atoms with Gasteiger partial charge in [0.25, 0.3) is 0 Å². The molecule has 0 bridgehead atoms. The molecule has 1 nitrogen and oxygen atoms in total. The minimum Gasteiger partial charge on any atom is -0.308 e.